The maximum atomic E-state index is 5.98. The number of benzene rings is 1. The molecule has 1 aliphatic rings. The third kappa shape index (κ3) is 3.71. The van der Waals surface area contributed by atoms with E-state index in [1.807, 2.05) is 0 Å². The average Bonchev–Trinajstić information content (AvgIpc) is 2.72. The summed E-state index contributed by atoms with van der Waals surface area (Å²) in [4.78, 5) is 2.54. The molecule has 0 amide bonds. The highest BCUT2D eigenvalue weighted by atomic mass is 35.5. The van der Waals surface area contributed by atoms with Gasteiger partial charge in [-0.15, -0.1) is 12.4 Å². The summed E-state index contributed by atoms with van der Waals surface area (Å²) in [7, 11) is 0. The van der Waals surface area contributed by atoms with Crippen LogP contribution in [0.5, 0.6) is 0 Å². The van der Waals surface area contributed by atoms with E-state index in [1.165, 1.54) is 29.7 Å². The molecule has 0 spiro atoms. The lowest BCUT2D eigenvalue weighted by molar-refractivity contribution is 0.308. The van der Waals surface area contributed by atoms with Crippen molar-refractivity contribution in [2.75, 3.05) is 13.1 Å². The Bertz CT molecular complexity index is 390. The molecule has 1 heterocycles. The van der Waals surface area contributed by atoms with Crippen molar-refractivity contribution in [3.8, 4) is 0 Å². The van der Waals surface area contributed by atoms with Crippen LogP contribution in [0.15, 0.2) is 18.2 Å². The molecule has 0 radical (unpaired) electrons. The topological polar surface area (TPSA) is 29.3 Å². The standard InChI is InChI=1S/C15H24N2.ClH/c1-11-4-5-12(2)15(8-11)10-17-7-6-14(9-17)13(3)16;/h4-5,8,13-14H,6-7,9-10,16H2,1-3H3;1H. The highest BCUT2D eigenvalue weighted by Gasteiger charge is 2.25. The van der Waals surface area contributed by atoms with Crippen LogP contribution in [0.3, 0.4) is 0 Å². The summed E-state index contributed by atoms with van der Waals surface area (Å²) in [5.74, 6) is 0.681. The van der Waals surface area contributed by atoms with Gasteiger partial charge in [-0.2, -0.15) is 0 Å². The largest absolute Gasteiger partial charge is 0.328 e. The van der Waals surface area contributed by atoms with Crippen LogP contribution in [0.25, 0.3) is 0 Å². The summed E-state index contributed by atoms with van der Waals surface area (Å²) in [5, 5.41) is 0. The summed E-state index contributed by atoms with van der Waals surface area (Å²) in [6, 6.07) is 7.06. The Labute approximate surface area is 117 Å². The first-order valence-electron chi connectivity index (χ1n) is 6.60. The molecule has 1 aliphatic heterocycles. The lowest BCUT2D eigenvalue weighted by Gasteiger charge is -2.19. The van der Waals surface area contributed by atoms with Gasteiger partial charge in [0, 0.05) is 19.1 Å². The summed E-state index contributed by atoms with van der Waals surface area (Å²) in [5.41, 5.74) is 10.2. The molecule has 2 atom stereocenters. The molecule has 0 aromatic heterocycles. The van der Waals surface area contributed by atoms with E-state index in [4.69, 9.17) is 5.73 Å². The van der Waals surface area contributed by atoms with Gasteiger partial charge in [-0.1, -0.05) is 23.8 Å². The fourth-order valence-electron chi connectivity index (χ4n) is 2.65. The van der Waals surface area contributed by atoms with E-state index in [0.29, 0.717) is 12.0 Å². The van der Waals surface area contributed by atoms with Gasteiger partial charge in [0.1, 0.15) is 0 Å². The van der Waals surface area contributed by atoms with Crippen molar-refractivity contribution in [2.45, 2.75) is 39.8 Å². The first-order chi connectivity index (χ1) is 8.06. The Kier molecular flexibility index (Phi) is 5.64. The second kappa shape index (κ2) is 6.55. The van der Waals surface area contributed by atoms with Crippen LogP contribution in [0.2, 0.25) is 0 Å². The van der Waals surface area contributed by atoms with E-state index in [-0.39, 0.29) is 12.4 Å². The molecule has 0 saturated carbocycles. The maximum Gasteiger partial charge on any atom is 0.0236 e. The van der Waals surface area contributed by atoms with Crippen molar-refractivity contribution in [2.24, 2.45) is 11.7 Å². The predicted octanol–water partition coefficient (Wildman–Crippen LogP) is 2.89. The van der Waals surface area contributed by atoms with Crippen molar-refractivity contribution < 1.29 is 0 Å². The van der Waals surface area contributed by atoms with Crippen LogP contribution < -0.4 is 5.73 Å². The van der Waals surface area contributed by atoms with Gasteiger partial charge in [0.2, 0.25) is 0 Å². The monoisotopic (exact) mass is 268 g/mol. The average molecular weight is 269 g/mol. The molecule has 0 bridgehead atoms. The number of aryl methyl sites for hydroxylation is 2. The maximum absolute atomic E-state index is 5.98. The van der Waals surface area contributed by atoms with Crippen LogP contribution >= 0.6 is 12.4 Å². The van der Waals surface area contributed by atoms with E-state index in [9.17, 15) is 0 Å². The van der Waals surface area contributed by atoms with Gasteiger partial charge in [0.05, 0.1) is 0 Å². The van der Waals surface area contributed by atoms with E-state index in [2.05, 4.69) is 43.9 Å². The number of nitrogens with two attached hydrogens (primary N) is 1. The Morgan fingerprint density at radius 1 is 1.39 bits per heavy atom. The molecule has 2 nitrogen and oxygen atoms in total. The normalized spacial score (nSPS) is 21.7. The van der Waals surface area contributed by atoms with Gasteiger partial charge in [0.15, 0.2) is 0 Å². The highest BCUT2D eigenvalue weighted by molar-refractivity contribution is 5.85. The van der Waals surface area contributed by atoms with Crippen LogP contribution in [-0.4, -0.2) is 24.0 Å². The Morgan fingerprint density at radius 2 is 2.11 bits per heavy atom. The van der Waals surface area contributed by atoms with E-state index in [0.717, 1.165) is 13.1 Å². The number of hydrogen-bond acceptors (Lipinski definition) is 2. The minimum absolute atomic E-state index is 0. The van der Waals surface area contributed by atoms with Crippen molar-refractivity contribution in [1.29, 1.82) is 0 Å². The van der Waals surface area contributed by atoms with Crippen LogP contribution in [0.1, 0.15) is 30.0 Å². The minimum Gasteiger partial charge on any atom is -0.328 e. The fourth-order valence-corrected chi connectivity index (χ4v) is 2.65. The van der Waals surface area contributed by atoms with Crippen molar-refractivity contribution >= 4 is 12.4 Å². The van der Waals surface area contributed by atoms with Crippen molar-refractivity contribution in [3.05, 3.63) is 34.9 Å². The summed E-state index contributed by atoms with van der Waals surface area (Å²) < 4.78 is 0. The number of likely N-dealkylation sites (tertiary alicyclic amines) is 1. The fraction of sp³-hybridized carbons (Fsp3) is 0.600. The van der Waals surface area contributed by atoms with Gasteiger partial charge in [-0.05, 0) is 50.8 Å². The molecule has 1 saturated heterocycles. The van der Waals surface area contributed by atoms with E-state index < -0.39 is 0 Å². The zero-order valence-corrected chi connectivity index (χ0v) is 12.5. The Hall–Kier alpha value is -0.570. The van der Waals surface area contributed by atoms with Gasteiger partial charge in [0.25, 0.3) is 0 Å². The van der Waals surface area contributed by atoms with Crippen molar-refractivity contribution in [3.63, 3.8) is 0 Å². The summed E-state index contributed by atoms with van der Waals surface area (Å²) in [6.45, 7) is 9.93. The summed E-state index contributed by atoms with van der Waals surface area (Å²) in [6.07, 6.45) is 1.25. The SMILES string of the molecule is Cc1ccc(C)c(CN2CCC(C(C)N)C2)c1.Cl. The summed E-state index contributed by atoms with van der Waals surface area (Å²) >= 11 is 0. The molecule has 3 heteroatoms. The smallest absolute Gasteiger partial charge is 0.0236 e. The lowest BCUT2D eigenvalue weighted by atomic mass is 10.0. The quantitative estimate of drug-likeness (QED) is 0.913. The number of halogens is 1. The molecule has 2 rings (SSSR count). The zero-order chi connectivity index (χ0) is 12.4. The van der Waals surface area contributed by atoms with Crippen LogP contribution in [0, 0.1) is 19.8 Å². The van der Waals surface area contributed by atoms with Gasteiger partial charge in [-0.25, -0.2) is 0 Å². The number of rotatable bonds is 3. The molecule has 1 fully saturated rings. The van der Waals surface area contributed by atoms with Gasteiger partial charge < -0.3 is 5.73 Å². The first kappa shape index (κ1) is 15.5. The zero-order valence-electron chi connectivity index (χ0n) is 11.6. The molecule has 2 N–H and O–H groups in total. The highest BCUT2D eigenvalue weighted by Crippen LogP contribution is 2.22. The second-order valence-corrected chi connectivity index (χ2v) is 5.57. The van der Waals surface area contributed by atoms with E-state index in [1.54, 1.807) is 0 Å². The molecule has 1 aromatic carbocycles. The van der Waals surface area contributed by atoms with Gasteiger partial charge in [-0.3, -0.25) is 4.90 Å². The minimum atomic E-state index is 0. The molecular formula is C15H25ClN2. The van der Waals surface area contributed by atoms with E-state index >= 15 is 0 Å². The third-order valence-corrected chi connectivity index (χ3v) is 3.95. The molecular weight excluding hydrogens is 244 g/mol. The van der Waals surface area contributed by atoms with Crippen LogP contribution in [0.4, 0.5) is 0 Å². The Balaban J connectivity index is 0.00000162. The second-order valence-electron chi connectivity index (χ2n) is 5.57. The molecule has 102 valence electrons. The Morgan fingerprint density at radius 3 is 2.72 bits per heavy atom. The third-order valence-electron chi connectivity index (χ3n) is 3.95. The van der Waals surface area contributed by atoms with Gasteiger partial charge >= 0.3 is 0 Å². The van der Waals surface area contributed by atoms with Crippen molar-refractivity contribution in [1.82, 2.24) is 4.90 Å². The first-order valence-corrected chi connectivity index (χ1v) is 6.60. The lowest BCUT2D eigenvalue weighted by Crippen LogP contribution is -2.29. The molecule has 1 aromatic rings. The van der Waals surface area contributed by atoms with Crippen LogP contribution in [-0.2, 0) is 6.54 Å². The number of hydrogen-bond donors (Lipinski definition) is 1. The number of nitrogens with zero attached hydrogens (tertiary/aromatic N) is 1. The molecule has 18 heavy (non-hydrogen) atoms. The predicted molar refractivity (Wildman–Crippen MR) is 80.2 cm³/mol. The molecule has 2 unspecified atom stereocenters. The molecule has 0 aliphatic carbocycles.